The third-order valence-corrected chi connectivity index (χ3v) is 2.78. The summed E-state index contributed by atoms with van der Waals surface area (Å²) < 4.78 is 13.7. The number of benzene rings is 1. The van der Waals surface area contributed by atoms with E-state index in [1.165, 1.54) is 0 Å². The van der Waals surface area contributed by atoms with Gasteiger partial charge in [0.25, 0.3) is 0 Å². The van der Waals surface area contributed by atoms with Crippen molar-refractivity contribution in [3.8, 4) is 0 Å². The lowest BCUT2D eigenvalue weighted by Crippen LogP contribution is -2.23. The lowest BCUT2D eigenvalue weighted by atomic mass is 10.0. The topological polar surface area (TPSA) is 32.3 Å². The second-order valence-electron chi connectivity index (χ2n) is 3.64. The second-order valence-corrected chi connectivity index (χ2v) is 4.04. The monoisotopic (exact) mass is 245 g/mol. The zero-order chi connectivity index (χ0) is 12.0. The summed E-state index contributed by atoms with van der Waals surface area (Å²) in [5, 5.41) is 12.0. The van der Waals surface area contributed by atoms with E-state index >= 15 is 0 Å². The van der Waals surface area contributed by atoms with E-state index in [-0.39, 0.29) is 23.5 Å². The maximum atomic E-state index is 13.7. The molecule has 0 saturated heterocycles. The highest BCUT2D eigenvalue weighted by molar-refractivity contribution is 6.30. The Balaban J connectivity index is 2.74. The molecule has 0 radical (unpaired) electrons. The summed E-state index contributed by atoms with van der Waals surface area (Å²) in [6.45, 7) is 2.79. The molecular weight excluding hydrogens is 229 g/mol. The van der Waals surface area contributed by atoms with E-state index in [0.717, 1.165) is 6.42 Å². The van der Waals surface area contributed by atoms with E-state index < -0.39 is 0 Å². The van der Waals surface area contributed by atoms with Gasteiger partial charge in [0.05, 0.1) is 5.02 Å². The van der Waals surface area contributed by atoms with Crippen LogP contribution in [0.15, 0.2) is 18.2 Å². The van der Waals surface area contributed by atoms with Crippen molar-refractivity contribution in [2.24, 2.45) is 0 Å². The number of halogens is 2. The van der Waals surface area contributed by atoms with Crippen molar-refractivity contribution in [1.82, 2.24) is 5.32 Å². The molecule has 1 rings (SSSR count). The molecule has 0 aliphatic rings. The van der Waals surface area contributed by atoms with E-state index in [1.807, 2.05) is 6.92 Å². The predicted molar refractivity (Wildman–Crippen MR) is 64.1 cm³/mol. The molecule has 0 amide bonds. The maximum Gasteiger partial charge on any atom is 0.146 e. The molecule has 0 saturated carbocycles. The van der Waals surface area contributed by atoms with Crippen LogP contribution in [-0.4, -0.2) is 18.3 Å². The summed E-state index contributed by atoms with van der Waals surface area (Å²) in [7, 11) is 0. The first-order valence-electron chi connectivity index (χ1n) is 5.48. The van der Waals surface area contributed by atoms with Gasteiger partial charge in [-0.05, 0) is 25.5 Å². The number of aliphatic hydroxyl groups excluding tert-OH is 1. The summed E-state index contributed by atoms with van der Waals surface area (Å²) in [6.07, 6.45) is 1.45. The Kier molecular flexibility index (Phi) is 5.74. The molecule has 0 fully saturated rings. The quantitative estimate of drug-likeness (QED) is 0.756. The van der Waals surface area contributed by atoms with Gasteiger partial charge in [-0.1, -0.05) is 30.7 Å². The van der Waals surface area contributed by atoms with E-state index in [9.17, 15) is 4.39 Å². The highest BCUT2D eigenvalue weighted by Crippen LogP contribution is 2.25. The molecule has 0 aromatic heterocycles. The minimum atomic E-state index is -0.354. The Morgan fingerprint density at radius 1 is 1.50 bits per heavy atom. The number of nitrogens with one attached hydrogen (secondary N) is 1. The molecule has 1 atom stereocenters. The lowest BCUT2D eigenvalue weighted by Gasteiger charge is -2.18. The Labute approximate surface area is 100 Å². The average molecular weight is 246 g/mol. The van der Waals surface area contributed by atoms with Gasteiger partial charge in [0, 0.05) is 18.2 Å². The van der Waals surface area contributed by atoms with Gasteiger partial charge in [0.2, 0.25) is 0 Å². The lowest BCUT2D eigenvalue weighted by molar-refractivity contribution is 0.282. The van der Waals surface area contributed by atoms with E-state index in [2.05, 4.69) is 5.32 Å². The van der Waals surface area contributed by atoms with Gasteiger partial charge in [-0.2, -0.15) is 0 Å². The Morgan fingerprint density at radius 3 is 2.88 bits per heavy atom. The summed E-state index contributed by atoms with van der Waals surface area (Å²) in [4.78, 5) is 0. The Hall–Kier alpha value is -0.640. The van der Waals surface area contributed by atoms with Crippen LogP contribution in [0.5, 0.6) is 0 Å². The molecule has 0 unspecified atom stereocenters. The van der Waals surface area contributed by atoms with Crippen molar-refractivity contribution in [1.29, 1.82) is 0 Å². The molecule has 16 heavy (non-hydrogen) atoms. The van der Waals surface area contributed by atoms with Crippen LogP contribution in [0.4, 0.5) is 4.39 Å². The summed E-state index contributed by atoms with van der Waals surface area (Å²) >= 11 is 5.73. The molecular formula is C12H17ClFNO. The highest BCUT2D eigenvalue weighted by atomic mass is 35.5. The first kappa shape index (κ1) is 13.4. The molecule has 0 aliphatic carbocycles. The molecule has 90 valence electrons. The van der Waals surface area contributed by atoms with Crippen LogP contribution in [0.1, 0.15) is 31.4 Å². The highest BCUT2D eigenvalue weighted by Gasteiger charge is 2.14. The van der Waals surface area contributed by atoms with Crippen LogP contribution in [0.25, 0.3) is 0 Å². The predicted octanol–water partition coefficient (Wildman–Crippen LogP) is 2.90. The van der Waals surface area contributed by atoms with Crippen LogP contribution >= 0.6 is 11.6 Å². The average Bonchev–Trinajstić information content (AvgIpc) is 2.29. The van der Waals surface area contributed by atoms with Gasteiger partial charge in [0.1, 0.15) is 5.82 Å². The Morgan fingerprint density at radius 2 is 2.25 bits per heavy atom. The third-order valence-electron chi connectivity index (χ3n) is 2.49. The number of hydrogen-bond acceptors (Lipinski definition) is 2. The minimum Gasteiger partial charge on any atom is -0.396 e. The van der Waals surface area contributed by atoms with Crippen molar-refractivity contribution in [3.05, 3.63) is 34.6 Å². The van der Waals surface area contributed by atoms with Crippen LogP contribution in [0.3, 0.4) is 0 Å². The molecule has 0 heterocycles. The SMILES string of the molecule is CC[C@@H](NCCCO)c1cccc(Cl)c1F. The van der Waals surface area contributed by atoms with Crippen molar-refractivity contribution in [2.75, 3.05) is 13.2 Å². The van der Waals surface area contributed by atoms with Gasteiger partial charge in [-0.25, -0.2) is 4.39 Å². The van der Waals surface area contributed by atoms with Gasteiger partial charge < -0.3 is 10.4 Å². The molecule has 0 spiro atoms. The molecule has 0 aliphatic heterocycles. The van der Waals surface area contributed by atoms with Crippen molar-refractivity contribution >= 4 is 11.6 Å². The van der Waals surface area contributed by atoms with E-state index in [0.29, 0.717) is 18.5 Å². The third kappa shape index (κ3) is 3.44. The smallest absolute Gasteiger partial charge is 0.146 e. The van der Waals surface area contributed by atoms with Crippen molar-refractivity contribution < 1.29 is 9.50 Å². The normalized spacial score (nSPS) is 12.8. The van der Waals surface area contributed by atoms with Gasteiger partial charge in [-0.3, -0.25) is 0 Å². The van der Waals surface area contributed by atoms with E-state index in [1.54, 1.807) is 18.2 Å². The molecule has 2 nitrogen and oxygen atoms in total. The van der Waals surface area contributed by atoms with Crippen LogP contribution in [0, 0.1) is 5.82 Å². The van der Waals surface area contributed by atoms with Crippen molar-refractivity contribution in [2.45, 2.75) is 25.8 Å². The summed E-state index contributed by atoms with van der Waals surface area (Å²) in [6, 6.07) is 4.98. The maximum absolute atomic E-state index is 13.7. The number of hydrogen-bond donors (Lipinski definition) is 2. The summed E-state index contributed by atoms with van der Waals surface area (Å²) in [5.41, 5.74) is 0.591. The number of rotatable bonds is 6. The molecule has 0 bridgehead atoms. The van der Waals surface area contributed by atoms with Crippen LogP contribution < -0.4 is 5.32 Å². The second kappa shape index (κ2) is 6.84. The molecule has 2 N–H and O–H groups in total. The zero-order valence-electron chi connectivity index (χ0n) is 9.34. The van der Waals surface area contributed by atoms with Gasteiger partial charge >= 0.3 is 0 Å². The Bertz CT molecular complexity index is 333. The molecule has 1 aromatic rings. The molecule has 1 aromatic carbocycles. The first-order valence-corrected chi connectivity index (χ1v) is 5.86. The fraction of sp³-hybridized carbons (Fsp3) is 0.500. The van der Waals surface area contributed by atoms with E-state index in [4.69, 9.17) is 16.7 Å². The van der Waals surface area contributed by atoms with Gasteiger partial charge in [-0.15, -0.1) is 0 Å². The first-order chi connectivity index (χ1) is 7.70. The molecule has 4 heteroatoms. The number of aliphatic hydroxyl groups is 1. The van der Waals surface area contributed by atoms with Crippen molar-refractivity contribution in [3.63, 3.8) is 0 Å². The fourth-order valence-corrected chi connectivity index (χ4v) is 1.80. The largest absolute Gasteiger partial charge is 0.396 e. The zero-order valence-corrected chi connectivity index (χ0v) is 10.1. The van der Waals surface area contributed by atoms with Gasteiger partial charge in [0.15, 0.2) is 0 Å². The standard InChI is InChI=1S/C12H17ClFNO/c1-2-11(15-7-4-8-16)9-5-3-6-10(13)12(9)14/h3,5-6,11,15-16H,2,4,7-8H2,1H3/t11-/m1/s1. The summed E-state index contributed by atoms with van der Waals surface area (Å²) in [5.74, 6) is -0.354. The minimum absolute atomic E-state index is 0.0507. The van der Waals surface area contributed by atoms with Crippen LogP contribution in [-0.2, 0) is 0 Å². The van der Waals surface area contributed by atoms with Crippen LogP contribution in [0.2, 0.25) is 5.02 Å². The fourth-order valence-electron chi connectivity index (χ4n) is 1.62.